The van der Waals surface area contributed by atoms with Crippen molar-refractivity contribution in [1.82, 2.24) is 4.90 Å². The summed E-state index contributed by atoms with van der Waals surface area (Å²) in [5.41, 5.74) is 2.51. The summed E-state index contributed by atoms with van der Waals surface area (Å²) < 4.78 is 0. The lowest BCUT2D eigenvalue weighted by Gasteiger charge is -2.16. The molecule has 7 heteroatoms. The van der Waals surface area contributed by atoms with Crippen LogP contribution in [0.4, 0.5) is 11.4 Å². The van der Waals surface area contributed by atoms with Crippen LogP contribution < -0.4 is 5.32 Å². The molecule has 0 aliphatic heterocycles. The van der Waals surface area contributed by atoms with Crippen molar-refractivity contribution in [3.05, 3.63) is 68.7 Å². The van der Waals surface area contributed by atoms with Crippen molar-refractivity contribution in [1.29, 1.82) is 0 Å². The van der Waals surface area contributed by atoms with Crippen LogP contribution in [-0.2, 0) is 17.8 Å². The molecule has 0 spiro atoms. The summed E-state index contributed by atoms with van der Waals surface area (Å²) in [5, 5.41) is 13.6. The van der Waals surface area contributed by atoms with Gasteiger partial charge in [-0.25, -0.2) is 0 Å². The number of nitrogens with one attached hydrogen (secondary N) is 1. The summed E-state index contributed by atoms with van der Waals surface area (Å²) >= 11 is 5.76. The van der Waals surface area contributed by atoms with Gasteiger partial charge in [0.1, 0.15) is 5.02 Å². The number of rotatable bonds is 7. The van der Waals surface area contributed by atoms with Gasteiger partial charge in [-0.2, -0.15) is 0 Å². The lowest BCUT2D eigenvalue weighted by Crippen LogP contribution is -2.29. The van der Waals surface area contributed by atoms with E-state index in [1.165, 1.54) is 23.8 Å². The van der Waals surface area contributed by atoms with Crippen molar-refractivity contribution >= 4 is 28.9 Å². The van der Waals surface area contributed by atoms with Crippen molar-refractivity contribution in [2.24, 2.45) is 0 Å². The molecule has 0 heterocycles. The highest BCUT2D eigenvalue weighted by molar-refractivity contribution is 6.32. The number of hydrogen-bond acceptors (Lipinski definition) is 4. The van der Waals surface area contributed by atoms with E-state index in [1.54, 1.807) is 0 Å². The average Bonchev–Trinajstić information content (AvgIpc) is 2.56. The molecule has 0 fully saturated rings. The normalized spacial score (nSPS) is 10.7. The van der Waals surface area contributed by atoms with Crippen molar-refractivity contribution in [3.8, 4) is 0 Å². The Kier molecular flexibility index (Phi) is 6.50. The van der Waals surface area contributed by atoms with Crippen molar-refractivity contribution in [2.75, 3.05) is 18.9 Å². The number of halogens is 1. The molecule has 0 atom stereocenters. The summed E-state index contributed by atoms with van der Waals surface area (Å²) in [5.74, 6) is -0.246. The van der Waals surface area contributed by atoms with Gasteiger partial charge >= 0.3 is 0 Å². The van der Waals surface area contributed by atoms with Gasteiger partial charge in [-0.3, -0.25) is 19.8 Å². The van der Waals surface area contributed by atoms with Gasteiger partial charge in [0.15, 0.2) is 0 Å². The zero-order valence-corrected chi connectivity index (χ0v) is 14.9. The van der Waals surface area contributed by atoms with Crippen molar-refractivity contribution < 1.29 is 9.72 Å². The second kappa shape index (κ2) is 8.60. The number of nitro groups is 1. The molecule has 0 saturated heterocycles. The van der Waals surface area contributed by atoms with Crippen LogP contribution in [0.5, 0.6) is 0 Å². The van der Waals surface area contributed by atoms with E-state index in [4.69, 9.17) is 11.6 Å². The van der Waals surface area contributed by atoms with Gasteiger partial charge in [-0.05, 0) is 36.7 Å². The maximum absolute atomic E-state index is 12.1. The highest BCUT2D eigenvalue weighted by Crippen LogP contribution is 2.27. The third-order valence-electron chi connectivity index (χ3n) is 3.72. The number of carbonyl (C=O) groups excluding carboxylic acids is 1. The summed E-state index contributed by atoms with van der Waals surface area (Å²) in [6.45, 7) is 2.91. The predicted octanol–water partition coefficient (Wildman–Crippen LogP) is 3.88. The molecule has 0 unspecified atom stereocenters. The average molecular weight is 362 g/mol. The third-order valence-corrected chi connectivity index (χ3v) is 4.04. The Morgan fingerprint density at radius 1 is 1.20 bits per heavy atom. The molecule has 2 rings (SSSR count). The van der Waals surface area contributed by atoms with Crippen LogP contribution in [0.3, 0.4) is 0 Å². The highest BCUT2D eigenvalue weighted by atomic mass is 35.5. The van der Waals surface area contributed by atoms with E-state index in [9.17, 15) is 14.9 Å². The number of anilines is 1. The maximum atomic E-state index is 12.1. The molecule has 0 aromatic heterocycles. The first-order valence-electron chi connectivity index (χ1n) is 7.89. The maximum Gasteiger partial charge on any atom is 0.289 e. The number of nitro benzene ring substituents is 1. The Morgan fingerprint density at radius 2 is 1.84 bits per heavy atom. The van der Waals surface area contributed by atoms with Gasteiger partial charge in [-0.15, -0.1) is 0 Å². The summed E-state index contributed by atoms with van der Waals surface area (Å²) in [4.78, 5) is 24.3. The number of hydrogen-bond donors (Lipinski definition) is 1. The quantitative estimate of drug-likeness (QED) is 0.599. The molecule has 0 aliphatic rings. The molecule has 25 heavy (non-hydrogen) atoms. The standard InChI is InChI=1S/C18H20ClN3O3/c1-3-13-4-6-14(7-5-13)11-21(2)12-18(23)20-15-8-9-16(19)17(10-15)22(24)25/h4-10H,3,11-12H2,1-2H3,(H,20,23). The molecule has 1 N–H and O–H groups in total. The molecule has 2 aromatic rings. The molecule has 6 nitrogen and oxygen atoms in total. The Balaban J connectivity index is 1.92. The topological polar surface area (TPSA) is 75.5 Å². The molecule has 0 aliphatic carbocycles. The Hall–Kier alpha value is -2.44. The Bertz CT molecular complexity index is 763. The summed E-state index contributed by atoms with van der Waals surface area (Å²) in [7, 11) is 1.84. The Morgan fingerprint density at radius 3 is 2.44 bits per heavy atom. The van der Waals surface area contributed by atoms with E-state index in [2.05, 4.69) is 36.5 Å². The van der Waals surface area contributed by atoms with Gasteiger partial charge in [0.2, 0.25) is 5.91 Å². The van der Waals surface area contributed by atoms with Gasteiger partial charge in [0.25, 0.3) is 5.69 Å². The van der Waals surface area contributed by atoms with Gasteiger partial charge in [0, 0.05) is 18.3 Å². The number of carbonyl (C=O) groups is 1. The van der Waals surface area contributed by atoms with Crippen LogP contribution in [0.15, 0.2) is 42.5 Å². The monoisotopic (exact) mass is 361 g/mol. The van der Waals surface area contributed by atoms with E-state index in [1.807, 2.05) is 11.9 Å². The fraction of sp³-hybridized carbons (Fsp3) is 0.278. The van der Waals surface area contributed by atoms with Crippen molar-refractivity contribution in [2.45, 2.75) is 19.9 Å². The molecular formula is C18H20ClN3O3. The van der Waals surface area contributed by atoms with Crippen LogP contribution in [0, 0.1) is 10.1 Å². The van der Waals surface area contributed by atoms with E-state index < -0.39 is 4.92 Å². The molecular weight excluding hydrogens is 342 g/mol. The van der Waals surface area contributed by atoms with E-state index in [0.717, 1.165) is 12.0 Å². The number of nitrogens with zero attached hydrogens (tertiary/aromatic N) is 2. The number of aryl methyl sites for hydroxylation is 1. The molecule has 132 valence electrons. The first-order chi connectivity index (χ1) is 11.9. The fourth-order valence-electron chi connectivity index (χ4n) is 2.42. The van der Waals surface area contributed by atoms with Crippen LogP contribution in [-0.4, -0.2) is 29.3 Å². The van der Waals surface area contributed by atoms with E-state index in [0.29, 0.717) is 12.2 Å². The number of amides is 1. The largest absolute Gasteiger partial charge is 0.325 e. The third kappa shape index (κ3) is 5.55. The summed E-state index contributed by atoms with van der Waals surface area (Å²) in [6.07, 6.45) is 0.992. The van der Waals surface area contributed by atoms with Gasteiger partial charge in [0.05, 0.1) is 11.5 Å². The SMILES string of the molecule is CCc1ccc(CN(C)CC(=O)Nc2ccc(Cl)c([N+](=O)[O-])c2)cc1. The minimum absolute atomic E-state index is 0.0376. The lowest BCUT2D eigenvalue weighted by molar-refractivity contribution is -0.384. The minimum Gasteiger partial charge on any atom is -0.325 e. The highest BCUT2D eigenvalue weighted by Gasteiger charge is 2.14. The van der Waals surface area contributed by atoms with Gasteiger partial charge in [-0.1, -0.05) is 42.8 Å². The molecule has 2 aromatic carbocycles. The molecule has 0 saturated carbocycles. The minimum atomic E-state index is -0.579. The first-order valence-corrected chi connectivity index (χ1v) is 8.27. The second-order valence-corrected chi connectivity index (χ2v) is 6.22. The molecule has 0 radical (unpaired) electrons. The van der Waals surface area contributed by atoms with Crippen molar-refractivity contribution in [3.63, 3.8) is 0 Å². The van der Waals surface area contributed by atoms with Crippen LogP contribution in [0.25, 0.3) is 0 Å². The zero-order chi connectivity index (χ0) is 18.4. The fourth-order valence-corrected chi connectivity index (χ4v) is 2.61. The Labute approximate surface area is 151 Å². The zero-order valence-electron chi connectivity index (χ0n) is 14.2. The van der Waals surface area contributed by atoms with Crippen LogP contribution in [0.2, 0.25) is 5.02 Å². The van der Waals surface area contributed by atoms with Crippen LogP contribution in [0.1, 0.15) is 18.1 Å². The van der Waals surface area contributed by atoms with Gasteiger partial charge < -0.3 is 5.32 Å². The van der Waals surface area contributed by atoms with E-state index in [-0.39, 0.29) is 23.2 Å². The summed E-state index contributed by atoms with van der Waals surface area (Å²) in [6, 6.07) is 12.5. The second-order valence-electron chi connectivity index (χ2n) is 5.81. The molecule has 0 bridgehead atoms. The lowest BCUT2D eigenvalue weighted by atomic mass is 10.1. The smallest absolute Gasteiger partial charge is 0.289 e. The first kappa shape index (κ1) is 18.9. The number of benzene rings is 2. The number of likely N-dealkylation sites (N-methyl/N-ethyl adjacent to an activating group) is 1. The van der Waals surface area contributed by atoms with E-state index >= 15 is 0 Å². The van der Waals surface area contributed by atoms with Crippen LogP contribution >= 0.6 is 11.6 Å². The molecule has 1 amide bonds. The predicted molar refractivity (Wildman–Crippen MR) is 98.9 cm³/mol.